The summed E-state index contributed by atoms with van der Waals surface area (Å²) < 4.78 is 4.56. The van der Waals surface area contributed by atoms with E-state index in [1.807, 2.05) is 6.26 Å². The first-order valence-electron chi connectivity index (χ1n) is 7.67. The van der Waals surface area contributed by atoms with Crippen LogP contribution < -0.4 is 5.32 Å². The van der Waals surface area contributed by atoms with Gasteiger partial charge in [-0.05, 0) is 28.2 Å². The molecule has 2 aliphatic rings. The first kappa shape index (κ1) is 21.5. The van der Waals surface area contributed by atoms with E-state index in [4.69, 9.17) is 0 Å². The number of amides is 1. The first-order chi connectivity index (χ1) is 12.9. The minimum atomic E-state index is -1.79. The summed E-state index contributed by atoms with van der Waals surface area (Å²) in [5, 5.41) is 24.0. The van der Waals surface area contributed by atoms with Crippen LogP contribution in [-0.2, 0) is 9.53 Å². The van der Waals surface area contributed by atoms with Gasteiger partial charge >= 0.3 is 6.09 Å². The van der Waals surface area contributed by atoms with Crippen molar-refractivity contribution in [3.05, 3.63) is 35.1 Å². The lowest BCUT2D eigenvalue weighted by molar-refractivity contribution is -0.119. The van der Waals surface area contributed by atoms with Gasteiger partial charge in [0.2, 0.25) is 0 Å². The molecule has 0 fully saturated rings. The normalized spacial score (nSPS) is 26.4. The van der Waals surface area contributed by atoms with Crippen LogP contribution in [0.25, 0.3) is 0 Å². The Morgan fingerprint density at radius 3 is 2.93 bits per heavy atom. The van der Waals surface area contributed by atoms with Crippen molar-refractivity contribution in [3.63, 3.8) is 0 Å². The lowest BCUT2D eigenvalue weighted by Crippen LogP contribution is -2.45. The number of hydrogen-bond acceptors (Lipinski definition) is 8. The summed E-state index contributed by atoms with van der Waals surface area (Å²) in [5.74, 6) is 10.5. The summed E-state index contributed by atoms with van der Waals surface area (Å²) in [5.41, 5.74) is -1.64. The van der Waals surface area contributed by atoms with Gasteiger partial charge < -0.3 is 14.9 Å². The van der Waals surface area contributed by atoms with Crippen molar-refractivity contribution in [3.8, 4) is 23.7 Å². The Morgan fingerprint density at radius 1 is 1.48 bits per heavy atom. The van der Waals surface area contributed by atoms with Crippen LogP contribution in [0.5, 0.6) is 0 Å². The molecular formula is C18H17NO5S3. The smallest absolute Gasteiger partial charge is 0.411 e. The maximum absolute atomic E-state index is 12.6. The van der Waals surface area contributed by atoms with Crippen molar-refractivity contribution in [2.75, 3.05) is 19.1 Å². The molecule has 27 heavy (non-hydrogen) atoms. The minimum Gasteiger partial charge on any atom is -0.453 e. The first-order valence-corrected chi connectivity index (χ1v) is 11.7. The van der Waals surface area contributed by atoms with Crippen molar-refractivity contribution in [2.45, 2.75) is 18.1 Å². The third-order valence-corrected chi connectivity index (χ3v) is 7.34. The quantitative estimate of drug-likeness (QED) is 0.350. The van der Waals surface area contributed by atoms with Gasteiger partial charge in [-0.25, -0.2) is 4.79 Å². The monoisotopic (exact) mass is 423 g/mol. The van der Waals surface area contributed by atoms with E-state index in [0.717, 1.165) is 7.11 Å². The topological polar surface area (TPSA) is 95.9 Å². The molecule has 9 heteroatoms. The van der Waals surface area contributed by atoms with Crippen molar-refractivity contribution in [1.29, 1.82) is 0 Å². The van der Waals surface area contributed by atoms with Gasteiger partial charge in [-0.3, -0.25) is 10.1 Å². The van der Waals surface area contributed by atoms with Crippen molar-refractivity contribution in [2.24, 2.45) is 0 Å². The number of methoxy groups -OCH3 is 1. The Kier molecular flexibility index (Phi) is 7.96. The molecule has 0 spiro atoms. The molecule has 142 valence electrons. The van der Waals surface area contributed by atoms with E-state index in [0.29, 0.717) is 5.75 Å². The molecule has 2 rings (SSSR count). The zero-order valence-corrected chi connectivity index (χ0v) is 17.0. The van der Waals surface area contributed by atoms with Crippen LogP contribution in [0, 0.1) is 23.7 Å². The number of carbonyl (C=O) groups excluding carboxylic acids is 2. The lowest BCUT2D eigenvalue weighted by Gasteiger charge is -2.34. The summed E-state index contributed by atoms with van der Waals surface area (Å²) >= 11 is 0. The zero-order chi connectivity index (χ0) is 19.9. The van der Waals surface area contributed by atoms with Crippen LogP contribution in [0.2, 0.25) is 0 Å². The maximum atomic E-state index is 12.6. The summed E-state index contributed by atoms with van der Waals surface area (Å²) in [6.45, 7) is 0. The van der Waals surface area contributed by atoms with Gasteiger partial charge in [-0.2, -0.15) is 0 Å². The molecule has 0 aromatic carbocycles. The average Bonchev–Trinajstić information content (AvgIpc) is 2.63. The van der Waals surface area contributed by atoms with E-state index < -0.39 is 23.6 Å². The standard InChI is InChI=1S/C18H17NO5S3/c1-24-17(22)19-16-14(21)11-18(23)9-6-4-3-5-7-13(20)15(16)12(18)8-10-26-27-25-2/h3-4,8,13,20,23H,10-11H2,1-2H3,(H,19,22)/b4-3-,12-8-/t13-,18-/m0/s1. The molecule has 0 saturated carbocycles. The molecule has 2 atom stereocenters. The van der Waals surface area contributed by atoms with Crippen LogP contribution in [0.3, 0.4) is 0 Å². The van der Waals surface area contributed by atoms with Crippen molar-refractivity contribution < 1.29 is 24.5 Å². The Bertz CT molecular complexity index is 841. The number of aliphatic hydroxyl groups is 2. The number of ether oxygens (including phenoxy) is 1. The van der Waals surface area contributed by atoms with E-state index in [1.165, 1.54) is 22.9 Å². The second-order valence-electron chi connectivity index (χ2n) is 5.30. The molecular weight excluding hydrogens is 406 g/mol. The third kappa shape index (κ3) is 5.38. The number of nitrogens with one attached hydrogen (secondary N) is 1. The highest BCUT2D eigenvalue weighted by atomic mass is 33.5. The Balaban J connectivity index is 2.65. The molecule has 3 N–H and O–H groups in total. The average molecular weight is 424 g/mol. The van der Waals surface area contributed by atoms with Gasteiger partial charge in [0.1, 0.15) is 6.10 Å². The fourth-order valence-corrected chi connectivity index (χ4v) is 4.94. The number of allylic oxidation sites excluding steroid dienone is 3. The molecule has 0 aromatic rings. The number of alkyl carbamates (subject to hydrolysis) is 1. The second kappa shape index (κ2) is 9.98. The van der Waals surface area contributed by atoms with Gasteiger partial charge in [0.25, 0.3) is 0 Å². The summed E-state index contributed by atoms with van der Waals surface area (Å²) in [7, 11) is 5.81. The molecule has 0 heterocycles. The van der Waals surface area contributed by atoms with E-state index in [9.17, 15) is 19.8 Å². The van der Waals surface area contributed by atoms with Gasteiger partial charge in [0.15, 0.2) is 11.4 Å². The SMILES string of the molecule is COC(=O)NC1=C2/C(=C/CSSSC)[C@](O)(C#C/C=C\C#C[C@@H]2O)CC1=O. The number of rotatable bonds is 5. The zero-order valence-electron chi connectivity index (χ0n) is 14.6. The van der Waals surface area contributed by atoms with Crippen molar-refractivity contribution in [1.82, 2.24) is 5.32 Å². The molecule has 2 bridgehead atoms. The van der Waals surface area contributed by atoms with Gasteiger partial charge in [0, 0.05) is 16.9 Å². The fourth-order valence-electron chi connectivity index (χ4n) is 2.52. The number of ketones is 1. The largest absolute Gasteiger partial charge is 0.453 e. The number of fused-ring (bicyclic) bond motifs is 2. The van der Waals surface area contributed by atoms with E-state index >= 15 is 0 Å². The molecule has 1 amide bonds. The second-order valence-corrected chi connectivity index (χ2v) is 9.67. The summed E-state index contributed by atoms with van der Waals surface area (Å²) in [6.07, 6.45) is 3.89. The Hall–Kier alpha value is -1.75. The summed E-state index contributed by atoms with van der Waals surface area (Å²) in [6, 6.07) is 0. The molecule has 2 aliphatic carbocycles. The predicted molar refractivity (Wildman–Crippen MR) is 109 cm³/mol. The Morgan fingerprint density at radius 2 is 2.22 bits per heavy atom. The minimum absolute atomic E-state index is 0.0333. The number of aliphatic hydroxyl groups excluding tert-OH is 1. The van der Waals surface area contributed by atoms with Gasteiger partial charge in [-0.1, -0.05) is 51.3 Å². The van der Waals surface area contributed by atoms with Crippen LogP contribution in [-0.4, -0.2) is 52.9 Å². The molecule has 0 aliphatic heterocycles. The maximum Gasteiger partial charge on any atom is 0.411 e. The molecule has 6 nitrogen and oxygen atoms in total. The van der Waals surface area contributed by atoms with Crippen LogP contribution in [0.4, 0.5) is 4.79 Å². The van der Waals surface area contributed by atoms with E-state index in [1.54, 1.807) is 26.7 Å². The lowest BCUT2D eigenvalue weighted by atomic mass is 9.75. The molecule has 0 aromatic heterocycles. The molecule has 0 radical (unpaired) electrons. The summed E-state index contributed by atoms with van der Waals surface area (Å²) in [4.78, 5) is 24.3. The van der Waals surface area contributed by atoms with Gasteiger partial charge in [0.05, 0.1) is 19.2 Å². The number of Topliss-reactive ketones (excluding diaryl/α,β-unsaturated/α-hetero) is 1. The Labute approximate surface area is 169 Å². The van der Waals surface area contributed by atoms with E-state index in [-0.39, 0.29) is 23.3 Å². The highest BCUT2D eigenvalue weighted by Gasteiger charge is 2.44. The third-order valence-electron chi connectivity index (χ3n) is 3.61. The van der Waals surface area contributed by atoms with E-state index in [2.05, 4.69) is 33.7 Å². The van der Waals surface area contributed by atoms with Crippen LogP contribution in [0.1, 0.15) is 6.42 Å². The number of hydrogen-bond donors (Lipinski definition) is 3. The van der Waals surface area contributed by atoms with Crippen LogP contribution in [0.15, 0.2) is 35.1 Å². The highest BCUT2D eigenvalue weighted by molar-refractivity contribution is 9.09. The molecule has 0 unspecified atom stereocenters. The fraction of sp³-hybridized carbons (Fsp3) is 0.333. The predicted octanol–water partition coefficient (Wildman–Crippen LogP) is 1.82. The molecule has 0 saturated heterocycles. The van der Waals surface area contributed by atoms with Crippen LogP contribution >= 0.6 is 31.4 Å². The number of carbonyl (C=O) groups is 2. The van der Waals surface area contributed by atoms with Gasteiger partial charge in [-0.15, -0.1) is 0 Å². The van der Waals surface area contributed by atoms with Crippen molar-refractivity contribution >= 4 is 43.3 Å². The highest BCUT2D eigenvalue weighted by Crippen LogP contribution is 2.39.